The molecule has 3 unspecified atom stereocenters. The molecule has 0 spiro atoms. The first-order chi connectivity index (χ1) is 9.72. The summed E-state index contributed by atoms with van der Waals surface area (Å²) in [4.78, 5) is 12.0. The van der Waals surface area contributed by atoms with Crippen LogP contribution in [0.3, 0.4) is 0 Å². The maximum Gasteiger partial charge on any atom is 0.238 e. The van der Waals surface area contributed by atoms with Crippen molar-refractivity contribution < 1.29 is 9.53 Å². The van der Waals surface area contributed by atoms with Gasteiger partial charge in [0.2, 0.25) is 5.91 Å². The molecule has 1 amide bonds. The number of rotatable bonds is 3. The third-order valence-electron chi connectivity index (χ3n) is 3.93. The molecule has 2 heterocycles. The maximum absolute atomic E-state index is 12.0. The van der Waals surface area contributed by atoms with Gasteiger partial charge in [-0.05, 0) is 31.4 Å². The predicted octanol–water partition coefficient (Wildman–Crippen LogP) is 0.609. The van der Waals surface area contributed by atoms with Crippen molar-refractivity contribution in [3.05, 3.63) is 29.8 Å². The van der Waals surface area contributed by atoms with E-state index >= 15 is 0 Å². The third kappa shape index (κ3) is 2.94. The van der Waals surface area contributed by atoms with Crippen LogP contribution in [-0.2, 0) is 11.2 Å². The van der Waals surface area contributed by atoms with Gasteiger partial charge in [-0.25, -0.2) is 5.43 Å². The van der Waals surface area contributed by atoms with E-state index in [1.165, 1.54) is 5.56 Å². The molecular formula is C15H21N3O2. The average Bonchev–Trinajstić information content (AvgIpc) is 2.91. The van der Waals surface area contributed by atoms with Gasteiger partial charge in [-0.15, -0.1) is 0 Å². The normalized spacial score (nSPS) is 28.6. The lowest BCUT2D eigenvalue weighted by molar-refractivity contribution is -0.123. The first-order valence-corrected chi connectivity index (χ1v) is 7.22. The highest BCUT2D eigenvalue weighted by Gasteiger charge is 2.27. The number of carbonyl (C=O) groups is 1. The van der Waals surface area contributed by atoms with Gasteiger partial charge in [-0.3, -0.25) is 10.2 Å². The highest BCUT2D eigenvalue weighted by molar-refractivity contribution is 5.82. The van der Waals surface area contributed by atoms with E-state index in [9.17, 15) is 4.79 Å². The number of carbonyl (C=O) groups excluding carboxylic acids is 1. The summed E-state index contributed by atoms with van der Waals surface area (Å²) >= 11 is 0. The van der Waals surface area contributed by atoms with E-state index in [-0.39, 0.29) is 11.9 Å². The van der Waals surface area contributed by atoms with Crippen molar-refractivity contribution in [1.82, 2.24) is 16.2 Å². The summed E-state index contributed by atoms with van der Waals surface area (Å²) in [6.45, 7) is 3.40. The molecule has 20 heavy (non-hydrogen) atoms. The van der Waals surface area contributed by atoms with E-state index in [1.54, 1.807) is 0 Å². The molecule has 3 N–H and O–H groups in total. The van der Waals surface area contributed by atoms with E-state index in [0.29, 0.717) is 25.1 Å². The zero-order valence-electron chi connectivity index (χ0n) is 11.7. The molecule has 108 valence electrons. The SMILES string of the molecule is CC1CC(C(=O)NCC2COc3ccccc3C2)NN1. The predicted molar refractivity (Wildman–Crippen MR) is 76.3 cm³/mol. The Morgan fingerprint density at radius 1 is 1.40 bits per heavy atom. The highest BCUT2D eigenvalue weighted by atomic mass is 16.5. The zero-order valence-corrected chi connectivity index (χ0v) is 11.7. The summed E-state index contributed by atoms with van der Waals surface area (Å²) < 4.78 is 5.73. The maximum atomic E-state index is 12.0. The number of hydrogen-bond donors (Lipinski definition) is 3. The Morgan fingerprint density at radius 3 is 3.05 bits per heavy atom. The molecule has 1 saturated heterocycles. The summed E-state index contributed by atoms with van der Waals surface area (Å²) in [6, 6.07) is 8.32. The molecule has 3 rings (SSSR count). The molecular weight excluding hydrogens is 254 g/mol. The standard InChI is InChI=1S/C15H21N3O2/c1-10-6-13(18-17-10)15(19)16-8-11-7-12-4-2-3-5-14(12)20-9-11/h2-5,10-11,13,17-18H,6-9H2,1H3,(H,16,19). The Bertz CT molecular complexity index is 492. The number of benzene rings is 1. The van der Waals surface area contributed by atoms with Gasteiger partial charge >= 0.3 is 0 Å². The molecule has 0 aromatic heterocycles. The number of nitrogens with one attached hydrogen (secondary N) is 3. The molecule has 0 radical (unpaired) electrons. The van der Waals surface area contributed by atoms with Crippen molar-refractivity contribution in [1.29, 1.82) is 0 Å². The number of fused-ring (bicyclic) bond motifs is 1. The monoisotopic (exact) mass is 275 g/mol. The van der Waals surface area contributed by atoms with Gasteiger partial charge < -0.3 is 10.1 Å². The Balaban J connectivity index is 1.49. The highest BCUT2D eigenvalue weighted by Crippen LogP contribution is 2.26. The number of hydrogen-bond acceptors (Lipinski definition) is 4. The van der Waals surface area contributed by atoms with Gasteiger partial charge in [-0.2, -0.15) is 0 Å². The van der Waals surface area contributed by atoms with E-state index in [1.807, 2.05) is 18.2 Å². The quantitative estimate of drug-likeness (QED) is 0.756. The van der Waals surface area contributed by atoms with Crippen molar-refractivity contribution in [3.63, 3.8) is 0 Å². The lowest BCUT2D eigenvalue weighted by Crippen LogP contribution is -2.45. The van der Waals surface area contributed by atoms with Crippen molar-refractivity contribution in [3.8, 4) is 5.75 Å². The fourth-order valence-electron chi connectivity index (χ4n) is 2.78. The number of para-hydroxylation sites is 1. The topological polar surface area (TPSA) is 62.4 Å². The van der Waals surface area contributed by atoms with Gasteiger partial charge in [-0.1, -0.05) is 18.2 Å². The molecule has 1 fully saturated rings. The molecule has 1 aromatic rings. The Kier molecular flexibility index (Phi) is 3.89. The van der Waals surface area contributed by atoms with Crippen molar-refractivity contribution >= 4 is 5.91 Å². The number of ether oxygens (including phenoxy) is 1. The first-order valence-electron chi connectivity index (χ1n) is 7.22. The molecule has 2 aliphatic heterocycles. The van der Waals surface area contributed by atoms with E-state index in [0.717, 1.165) is 18.6 Å². The summed E-state index contributed by atoms with van der Waals surface area (Å²) in [6.07, 6.45) is 1.79. The van der Waals surface area contributed by atoms with E-state index < -0.39 is 0 Å². The minimum Gasteiger partial charge on any atom is -0.493 e. The van der Waals surface area contributed by atoms with Crippen LogP contribution in [0.4, 0.5) is 0 Å². The summed E-state index contributed by atoms with van der Waals surface area (Å²) in [5.41, 5.74) is 7.31. The Labute approximate surface area is 119 Å². The molecule has 2 aliphatic rings. The van der Waals surface area contributed by atoms with Gasteiger partial charge in [0.1, 0.15) is 11.8 Å². The molecule has 0 saturated carbocycles. The second-order valence-electron chi connectivity index (χ2n) is 5.71. The lowest BCUT2D eigenvalue weighted by atomic mass is 9.96. The van der Waals surface area contributed by atoms with Crippen LogP contribution in [0.25, 0.3) is 0 Å². The Morgan fingerprint density at radius 2 is 2.25 bits per heavy atom. The summed E-state index contributed by atoms with van der Waals surface area (Å²) in [5, 5.41) is 3.02. The summed E-state index contributed by atoms with van der Waals surface area (Å²) in [7, 11) is 0. The zero-order chi connectivity index (χ0) is 13.9. The van der Waals surface area contributed by atoms with Crippen molar-refractivity contribution in [2.24, 2.45) is 5.92 Å². The summed E-state index contributed by atoms with van der Waals surface area (Å²) in [5.74, 6) is 1.40. The van der Waals surface area contributed by atoms with Gasteiger partial charge in [0.15, 0.2) is 0 Å². The lowest BCUT2D eigenvalue weighted by Gasteiger charge is -2.25. The molecule has 5 heteroatoms. The number of amides is 1. The molecule has 3 atom stereocenters. The second-order valence-corrected chi connectivity index (χ2v) is 5.71. The van der Waals surface area contributed by atoms with Crippen LogP contribution >= 0.6 is 0 Å². The van der Waals surface area contributed by atoms with Gasteiger partial charge in [0.05, 0.1) is 6.61 Å². The fraction of sp³-hybridized carbons (Fsp3) is 0.533. The number of hydrazine groups is 1. The molecule has 1 aromatic carbocycles. The van der Waals surface area contributed by atoms with Gasteiger partial charge in [0.25, 0.3) is 0 Å². The largest absolute Gasteiger partial charge is 0.493 e. The van der Waals surface area contributed by atoms with Crippen LogP contribution < -0.4 is 20.9 Å². The molecule has 5 nitrogen and oxygen atoms in total. The minimum absolute atomic E-state index is 0.0701. The third-order valence-corrected chi connectivity index (χ3v) is 3.93. The van der Waals surface area contributed by atoms with Gasteiger partial charge in [0, 0.05) is 18.5 Å². The molecule has 0 bridgehead atoms. The Hall–Kier alpha value is -1.59. The van der Waals surface area contributed by atoms with Crippen LogP contribution in [0, 0.1) is 5.92 Å². The van der Waals surface area contributed by atoms with Crippen LogP contribution in [-0.4, -0.2) is 31.1 Å². The second kappa shape index (κ2) is 5.81. The van der Waals surface area contributed by atoms with Crippen LogP contribution in [0.15, 0.2) is 24.3 Å². The molecule has 0 aliphatic carbocycles. The van der Waals surface area contributed by atoms with E-state index in [4.69, 9.17) is 4.74 Å². The van der Waals surface area contributed by atoms with Crippen molar-refractivity contribution in [2.75, 3.05) is 13.2 Å². The van der Waals surface area contributed by atoms with Crippen LogP contribution in [0.1, 0.15) is 18.9 Å². The first kappa shape index (κ1) is 13.4. The average molecular weight is 275 g/mol. The smallest absolute Gasteiger partial charge is 0.238 e. The van der Waals surface area contributed by atoms with Crippen LogP contribution in [0.5, 0.6) is 5.75 Å². The van der Waals surface area contributed by atoms with E-state index in [2.05, 4.69) is 29.2 Å². The van der Waals surface area contributed by atoms with Crippen molar-refractivity contribution in [2.45, 2.75) is 31.8 Å². The fourth-order valence-corrected chi connectivity index (χ4v) is 2.78. The van der Waals surface area contributed by atoms with Crippen LogP contribution in [0.2, 0.25) is 0 Å². The minimum atomic E-state index is -0.123.